The molecule has 2 aromatic rings. The predicted octanol–water partition coefficient (Wildman–Crippen LogP) is 6.15. The molecule has 1 aliphatic heterocycles. The van der Waals surface area contributed by atoms with Gasteiger partial charge in [0.1, 0.15) is 28.6 Å². The van der Waals surface area contributed by atoms with Crippen LogP contribution in [0.25, 0.3) is 0 Å². The van der Waals surface area contributed by atoms with Gasteiger partial charge in [-0.25, -0.2) is 4.39 Å². The quantitative estimate of drug-likeness (QED) is 0.498. The molecule has 4 atom stereocenters. The molecule has 1 aliphatic rings. The van der Waals surface area contributed by atoms with Crippen molar-refractivity contribution in [2.24, 2.45) is 5.41 Å². The zero-order chi connectivity index (χ0) is 26.2. The van der Waals surface area contributed by atoms with Gasteiger partial charge in [0.05, 0.1) is 13.2 Å². The summed E-state index contributed by atoms with van der Waals surface area (Å²) in [7, 11) is 1.55. The summed E-state index contributed by atoms with van der Waals surface area (Å²) in [6.45, 7) is 11.5. The highest BCUT2D eigenvalue weighted by molar-refractivity contribution is 6.30. The summed E-state index contributed by atoms with van der Waals surface area (Å²) in [6, 6.07) is 12.6. The zero-order valence-electron chi connectivity index (χ0n) is 21.4. The Hall–Kier alpha value is -2.62. The van der Waals surface area contributed by atoms with Crippen LogP contribution in [0.1, 0.15) is 65.0 Å². The van der Waals surface area contributed by atoms with Gasteiger partial charge in [0.25, 0.3) is 0 Å². The van der Waals surface area contributed by atoms with Gasteiger partial charge in [-0.2, -0.15) is 5.26 Å². The largest absolute Gasteiger partial charge is 0.497 e. The number of nitrogens with one attached hydrogen (secondary N) is 1. The molecule has 0 saturated carbocycles. The molecule has 1 heterocycles. The number of benzene rings is 2. The second-order valence-corrected chi connectivity index (χ2v) is 11.8. The fourth-order valence-corrected chi connectivity index (χ4v) is 5.16. The Morgan fingerprint density at radius 1 is 1.17 bits per heavy atom. The number of hydrogen-bond acceptors (Lipinski definition) is 5. The molecule has 0 bridgehead atoms. The molecule has 0 amide bonds. The van der Waals surface area contributed by atoms with Gasteiger partial charge in [-0.15, -0.1) is 0 Å². The summed E-state index contributed by atoms with van der Waals surface area (Å²) in [5.74, 6) is -1.25. The maximum absolute atomic E-state index is 15.6. The van der Waals surface area contributed by atoms with Gasteiger partial charge >= 0.3 is 5.97 Å². The molecule has 0 aromatic heterocycles. The normalized spacial score (nSPS) is 24.6. The van der Waals surface area contributed by atoms with E-state index in [1.54, 1.807) is 58.2 Å². The SMILES string of the molecule is COc1cccc([C@H]2[C@H](C(=O)OC(C)(C)C)N[C@@H](CC(C)(C)C)[C@]2(C#N)c2ccc(Cl)cc2F)c1. The smallest absolute Gasteiger partial charge is 0.324 e. The van der Waals surface area contributed by atoms with Crippen LogP contribution in [0, 0.1) is 22.6 Å². The molecule has 0 spiro atoms. The number of nitriles is 1. The maximum Gasteiger partial charge on any atom is 0.324 e. The minimum Gasteiger partial charge on any atom is -0.497 e. The number of carbonyl (C=O) groups is 1. The third-order valence-electron chi connectivity index (χ3n) is 6.25. The van der Waals surface area contributed by atoms with E-state index in [2.05, 4.69) is 32.2 Å². The van der Waals surface area contributed by atoms with Crippen molar-refractivity contribution >= 4 is 17.6 Å². The van der Waals surface area contributed by atoms with E-state index in [9.17, 15) is 10.1 Å². The Morgan fingerprint density at radius 2 is 1.86 bits per heavy atom. The van der Waals surface area contributed by atoms with Crippen LogP contribution >= 0.6 is 11.6 Å². The minimum absolute atomic E-state index is 0.199. The highest BCUT2D eigenvalue weighted by Gasteiger charge is 2.61. The first-order valence-electron chi connectivity index (χ1n) is 11.7. The minimum atomic E-state index is -1.42. The molecule has 1 N–H and O–H groups in total. The summed E-state index contributed by atoms with van der Waals surface area (Å²) < 4.78 is 26.8. The van der Waals surface area contributed by atoms with Crippen LogP contribution in [-0.4, -0.2) is 30.8 Å². The first kappa shape index (κ1) is 27.0. The first-order valence-corrected chi connectivity index (χ1v) is 12.1. The second-order valence-electron chi connectivity index (χ2n) is 11.4. The third kappa shape index (κ3) is 5.63. The molecular formula is C28H34ClFN2O3. The summed E-state index contributed by atoms with van der Waals surface area (Å²) >= 11 is 6.07. The third-order valence-corrected chi connectivity index (χ3v) is 6.48. The van der Waals surface area contributed by atoms with Crippen molar-refractivity contribution in [3.63, 3.8) is 0 Å². The molecule has 1 saturated heterocycles. The van der Waals surface area contributed by atoms with E-state index in [4.69, 9.17) is 21.1 Å². The fourth-order valence-electron chi connectivity index (χ4n) is 5.00. The van der Waals surface area contributed by atoms with Crippen LogP contribution in [-0.2, 0) is 14.9 Å². The van der Waals surface area contributed by atoms with Gasteiger partial charge < -0.3 is 9.47 Å². The van der Waals surface area contributed by atoms with Gasteiger partial charge in [0, 0.05) is 22.5 Å². The number of hydrogen-bond donors (Lipinski definition) is 1. The number of halogens is 2. The summed E-state index contributed by atoms with van der Waals surface area (Å²) in [6.07, 6.45) is 0.516. The predicted molar refractivity (Wildman–Crippen MR) is 135 cm³/mol. The summed E-state index contributed by atoms with van der Waals surface area (Å²) in [5.41, 5.74) is -1.49. The number of nitrogens with zero attached hydrogens (tertiary/aromatic N) is 1. The lowest BCUT2D eigenvalue weighted by molar-refractivity contribution is -0.157. The highest BCUT2D eigenvalue weighted by Crippen LogP contribution is 2.52. The first-order chi connectivity index (χ1) is 16.2. The number of methoxy groups -OCH3 is 1. The number of ether oxygens (including phenoxy) is 2. The average molecular weight is 501 g/mol. The Balaban J connectivity index is 2.33. The van der Waals surface area contributed by atoms with E-state index >= 15 is 4.39 Å². The van der Waals surface area contributed by atoms with E-state index in [-0.39, 0.29) is 16.0 Å². The molecular weight excluding hydrogens is 467 g/mol. The monoisotopic (exact) mass is 500 g/mol. The van der Waals surface area contributed by atoms with E-state index in [1.807, 2.05) is 6.07 Å². The number of carbonyl (C=O) groups excluding carboxylic acids is 1. The lowest BCUT2D eigenvalue weighted by Gasteiger charge is -2.37. The summed E-state index contributed by atoms with van der Waals surface area (Å²) in [4.78, 5) is 13.5. The van der Waals surface area contributed by atoms with Gasteiger partial charge in [0.15, 0.2) is 0 Å². The van der Waals surface area contributed by atoms with E-state index in [0.717, 1.165) is 0 Å². The average Bonchev–Trinajstić information content (AvgIpc) is 3.06. The Kier molecular flexibility index (Phi) is 7.55. The van der Waals surface area contributed by atoms with Gasteiger partial charge in [-0.1, -0.05) is 50.6 Å². The molecule has 3 rings (SSSR count). The lowest BCUT2D eigenvalue weighted by Crippen LogP contribution is -2.44. The van der Waals surface area contributed by atoms with Crippen molar-refractivity contribution in [3.05, 3.63) is 64.4 Å². The van der Waals surface area contributed by atoms with Crippen LogP contribution in [0.5, 0.6) is 5.75 Å². The molecule has 35 heavy (non-hydrogen) atoms. The second kappa shape index (κ2) is 9.79. The van der Waals surface area contributed by atoms with Crippen LogP contribution in [0.4, 0.5) is 4.39 Å². The van der Waals surface area contributed by atoms with E-state index in [0.29, 0.717) is 17.7 Å². The molecule has 7 heteroatoms. The van der Waals surface area contributed by atoms with E-state index in [1.165, 1.54) is 6.07 Å². The molecule has 2 aromatic carbocycles. The van der Waals surface area contributed by atoms with Crippen LogP contribution in [0.2, 0.25) is 5.02 Å². The Bertz CT molecular complexity index is 1130. The van der Waals surface area contributed by atoms with Crippen molar-refractivity contribution in [2.45, 2.75) is 77.0 Å². The molecule has 0 radical (unpaired) electrons. The standard InChI is InChI=1S/C28H34ClFN2O3/c1-26(2,3)15-22-28(16-31,20-12-11-18(29)14-21(20)30)23(17-9-8-10-19(13-17)34-7)24(32-22)25(33)35-27(4,5)6/h8-14,22-24,32H,15H2,1-7H3/t22-,23-,24+,28-/m0/s1. The van der Waals surface area contributed by atoms with Gasteiger partial charge in [-0.3, -0.25) is 10.1 Å². The molecule has 5 nitrogen and oxygen atoms in total. The summed E-state index contributed by atoms with van der Waals surface area (Å²) in [5, 5.41) is 14.5. The number of esters is 1. The molecule has 1 fully saturated rings. The molecule has 0 unspecified atom stereocenters. The highest BCUT2D eigenvalue weighted by atomic mass is 35.5. The van der Waals surface area contributed by atoms with Gasteiger partial charge in [0.2, 0.25) is 0 Å². The van der Waals surface area contributed by atoms with Crippen molar-refractivity contribution in [1.29, 1.82) is 5.26 Å². The Morgan fingerprint density at radius 3 is 2.40 bits per heavy atom. The van der Waals surface area contributed by atoms with Crippen molar-refractivity contribution in [1.82, 2.24) is 5.32 Å². The van der Waals surface area contributed by atoms with Crippen molar-refractivity contribution < 1.29 is 18.7 Å². The molecule has 188 valence electrons. The number of rotatable bonds is 5. The van der Waals surface area contributed by atoms with Crippen molar-refractivity contribution in [3.8, 4) is 11.8 Å². The Labute approximate surface area is 212 Å². The van der Waals surface area contributed by atoms with Crippen LogP contribution < -0.4 is 10.1 Å². The lowest BCUT2D eigenvalue weighted by atomic mass is 9.63. The van der Waals surface area contributed by atoms with Crippen LogP contribution in [0.15, 0.2) is 42.5 Å². The van der Waals surface area contributed by atoms with Gasteiger partial charge in [-0.05, 0) is 62.4 Å². The zero-order valence-corrected chi connectivity index (χ0v) is 22.2. The topological polar surface area (TPSA) is 71.3 Å². The van der Waals surface area contributed by atoms with E-state index < -0.39 is 40.8 Å². The maximum atomic E-state index is 15.6. The fraction of sp³-hybridized carbons (Fsp3) is 0.500. The molecule has 0 aliphatic carbocycles. The van der Waals surface area contributed by atoms with Crippen molar-refractivity contribution in [2.75, 3.05) is 7.11 Å². The van der Waals surface area contributed by atoms with Crippen LogP contribution in [0.3, 0.4) is 0 Å².